The third-order valence-electron chi connectivity index (χ3n) is 0.567. The maximum Gasteiger partial charge on any atom is 0.147 e. The summed E-state index contributed by atoms with van der Waals surface area (Å²) in [7, 11) is 1.56. The Bertz CT molecular complexity index is 103. The van der Waals surface area contributed by atoms with Crippen LogP contribution >= 0.6 is 11.6 Å². The predicted octanol–water partition coefficient (Wildman–Crippen LogP) is 0.849. The standard InChI is InChI=1S/C6H9ClO2/c1-8-6-9-5-3-2-4-7/h4-6H2,1H3. The summed E-state index contributed by atoms with van der Waals surface area (Å²) in [5.74, 6) is 5.69. The fourth-order valence-electron chi connectivity index (χ4n) is 0.274. The quantitative estimate of drug-likeness (QED) is 0.256. The monoisotopic (exact) mass is 148 g/mol. The zero-order valence-electron chi connectivity index (χ0n) is 5.32. The zero-order valence-corrected chi connectivity index (χ0v) is 6.07. The van der Waals surface area contributed by atoms with Crippen LogP contribution in [0, 0.1) is 11.8 Å². The van der Waals surface area contributed by atoms with Crippen molar-refractivity contribution in [2.75, 3.05) is 26.4 Å². The van der Waals surface area contributed by atoms with Gasteiger partial charge in [-0.15, -0.1) is 11.6 Å². The highest BCUT2D eigenvalue weighted by molar-refractivity contribution is 6.19. The molecule has 0 aromatic rings. The average Bonchev–Trinajstić information content (AvgIpc) is 1.89. The zero-order chi connectivity index (χ0) is 6.95. The summed E-state index contributed by atoms with van der Waals surface area (Å²) in [6.45, 7) is 0.678. The van der Waals surface area contributed by atoms with Crippen LogP contribution in [0.15, 0.2) is 0 Å². The van der Waals surface area contributed by atoms with Crippen molar-refractivity contribution in [3.63, 3.8) is 0 Å². The van der Waals surface area contributed by atoms with Gasteiger partial charge in [0.05, 0.1) is 5.88 Å². The molecule has 0 heterocycles. The van der Waals surface area contributed by atoms with Gasteiger partial charge in [-0.05, 0) is 0 Å². The number of rotatable bonds is 3. The van der Waals surface area contributed by atoms with Gasteiger partial charge in [-0.25, -0.2) is 0 Å². The predicted molar refractivity (Wildman–Crippen MR) is 36.3 cm³/mol. The summed E-state index contributed by atoms with van der Waals surface area (Å²) in [5, 5.41) is 0. The van der Waals surface area contributed by atoms with Crippen LogP contribution in [-0.4, -0.2) is 26.4 Å². The molecule has 52 valence electrons. The minimum absolute atomic E-state index is 0.289. The van der Waals surface area contributed by atoms with Crippen molar-refractivity contribution >= 4 is 11.6 Å². The van der Waals surface area contributed by atoms with Crippen LogP contribution in [0.1, 0.15) is 0 Å². The van der Waals surface area contributed by atoms with Crippen LogP contribution in [0.3, 0.4) is 0 Å². The largest absolute Gasteiger partial charge is 0.359 e. The molecule has 0 atom stereocenters. The van der Waals surface area contributed by atoms with E-state index in [1.165, 1.54) is 0 Å². The fourth-order valence-corrected chi connectivity index (χ4v) is 0.369. The van der Waals surface area contributed by atoms with Crippen LogP contribution in [0.2, 0.25) is 0 Å². The highest BCUT2D eigenvalue weighted by atomic mass is 35.5. The van der Waals surface area contributed by atoms with E-state index >= 15 is 0 Å². The first-order valence-electron chi connectivity index (χ1n) is 2.50. The van der Waals surface area contributed by atoms with Gasteiger partial charge in [-0.2, -0.15) is 0 Å². The van der Waals surface area contributed by atoms with Gasteiger partial charge in [0.15, 0.2) is 0 Å². The van der Waals surface area contributed by atoms with E-state index in [2.05, 4.69) is 16.6 Å². The van der Waals surface area contributed by atoms with Gasteiger partial charge in [-0.3, -0.25) is 0 Å². The third-order valence-corrected chi connectivity index (χ3v) is 0.701. The maximum absolute atomic E-state index is 5.25. The van der Waals surface area contributed by atoms with E-state index in [-0.39, 0.29) is 6.79 Å². The number of hydrogen-bond acceptors (Lipinski definition) is 2. The lowest BCUT2D eigenvalue weighted by atomic mass is 10.6. The Kier molecular flexibility index (Phi) is 7.57. The molecule has 0 unspecified atom stereocenters. The van der Waals surface area contributed by atoms with Crippen LogP contribution < -0.4 is 0 Å². The van der Waals surface area contributed by atoms with Crippen LogP contribution in [0.5, 0.6) is 0 Å². The first-order valence-corrected chi connectivity index (χ1v) is 3.03. The molecule has 0 aromatic heterocycles. The van der Waals surface area contributed by atoms with Crippen LogP contribution in [0.25, 0.3) is 0 Å². The lowest BCUT2D eigenvalue weighted by Crippen LogP contribution is -1.95. The van der Waals surface area contributed by atoms with Gasteiger partial charge in [0.2, 0.25) is 0 Å². The number of ether oxygens (including phenoxy) is 2. The lowest BCUT2D eigenvalue weighted by Gasteiger charge is -1.93. The normalized spacial score (nSPS) is 8.22. The molecule has 0 fully saturated rings. The smallest absolute Gasteiger partial charge is 0.147 e. The topological polar surface area (TPSA) is 18.5 Å². The number of hydrogen-bond donors (Lipinski definition) is 0. The van der Waals surface area contributed by atoms with Crippen molar-refractivity contribution in [1.29, 1.82) is 0 Å². The molecule has 0 aliphatic rings. The Labute approximate surface area is 60.1 Å². The Morgan fingerprint density at radius 2 is 2.22 bits per heavy atom. The molecular formula is C6H9ClO2. The molecule has 2 nitrogen and oxygen atoms in total. The van der Waals surface area contributed by atoms with E-state index in [0.717, 1.165) is 0 Å². The van der Waals surface area contributed by atoms with Gasteiger partial charge in [0, 0.05) is 7.11 Å². The van der Waals surface area contributed by atoms with E-state index in [4.69, 9.17) is 16.3 Å². The second-order valence-electron chi connectivity index (χ2n) is 1.24. The third kappa shape index (κ3) is 7.77. The van der Waals surface area contributed by atoms with Gasteiger partial charge >= 0.3 is 0 Å². The molecular weight excluding hydrogens is 140 g/mol. The molecule has 0 bridgehead atoms. The summed E-state index contributed by atoms with van der Waals surface area (Å²) in [4.78, 5) is 0. The summed E-state index contributed by atoms with van der Waals surface area (Å²) in [6, 6.07) is 0. The molecule has 0 aromatic carbocycles. The Morgan fingerprint density at radius 1 is 1.44 bits per heavy atom. The van der Waals surface area contributed by atoms with Crippen molar-refractivity contribution in [3.8, 4) is 11.8 Å². The molecule has 9 heavy (non-hydrogen) atoms. The van der Waals surface area contributed by atoms with Gasteiger partial charge in [-0.1, -0.05) is 11.8 Å². The number of methoxy groups -OCH3 is 1. The van der Waals surface area contributed by atoms with E-state index < -0.39 is 0 Å². The van der Waals surface area contributed by atoms with E-state index in [0.29, 0.717) is 12.5 Å². The first-order chi connectivity index (χ1) is 4.41. The second-order valence-corrected chi connectivity index (χ2v) is 1.51. The molecule has 0 aliphatic carbocycles. The van der Waals surface area contributed by atoms with Gasteiger partial charge < -0.3 is 9.47 Å². The molecule has 0 saturated heterocycles. The maximum atomic E-state index is 5.25. The Hall–Kier alpha value is -0.230. The van der Waals surface area contributed by atoms with Crippen LogP contribution in [0.4, 0.5) is 0 Å². The molecule has 0 amide bonds. The minimum Gasteiger partial charge on any atom is -0.359 e. The van der Waals surface area contributed by atoms with Crippen molar-refractivity contribution in [1.82, 2.24) is 0 Å². The lowest BCUT2D eigenvalue weighted by molar-refractivity contribution is -0.0166. The van der Waals surface area contributed by atoms with Crippen LogP contribution in [-0.2, 0) is 9.47 Å². The van der Waals surface area contributed by atoms with E-state index in [9.17, 15) is 0 Å². The summed E-state index contributed by atoms with van der Waals surface area (Å²) in [5.41, 5.74) is 0. The second kappa shape index (κ2) is 7.77. The van der Waals surface area contributed by atoms with Crippen molar-refractivity contribution in [2.24, 2.45) is 0 Å². The molecule has 0 aliphatic heterocycles. The highest BCUT2D eigenvalue weighted by Crippen LogP contribution is 1.73. The Morgan fingerprint density at radius 3 is 2.78 bits per heavy atom. The number of alkyl halides is 1. The minimum atomic E-state index is 0.289. The van der Waals surface area contributed by atoms with Crippen molar-refractivity contribution < 1.29 is 9.47 Å². The fraction of sp³-hybridized carbons (Fsp3) is 0.667. The van der Waals surface area contributed by atoms with Gasteiger partial charge in [0.25, 0.3) is 0 Å². The SMILES string of the molecule is COCOCC#CCCl. The number of halogens is 1. The molecule has 0 radical (unpaired) electrons. The van der Waals surface area contributed by atoms with Crippen molar-refractivity contribution in [2.45, 2.75) is 0 Å². The van der Waals surface area contributed by atoms with Gasteiger partial charge in [0.1, 0.15) is 13.4 Å². The molecule has 0 saturated carbocycles. The first kappa shape index (κ1) is 8.77. The molecule has 0 N–H and O–H groups in total. The highest BCUT2D eigenvalue weighted by Gasteiger charge is 1.76. The average molecular weight is 149 g/mol. The van der Waals surface area contributed by atoms with Crippen molar-refractivity contribution in [3.05, 3.63) is 0 Å². The summed E-state index contributed by atoms with van der Waals surface area (Å²) in [6.07, 6.45) is 0. The molecule has 0 spiro atoms. The summed E-state index contributed by atoms with van der Waals surface area (Å²) < 4.78 is 9.43. The van der Waals surface area contributed by atoms with E-state index in [1.54, 1.807) is 7.11 Å². The molecule has 0 rings (SSSR count). The summed E-state index contributed by atoms with van der Waals surface area (Å²) >= 11 is 5.25. The Balaban J connectivity index is 2.90. The van der Waals surface area contributed by atoms with E-state index in [1.807, 2.05) is 0 Å². The molecule has 3 heteroatoms.